The zero-order valence-corrected chi connectivity index (χ0v) is 23.9. The van der Waals surface area contributed by atoms with Crippen molar-refractivity contribution in [2.75, 3.05) is 24.5 Å². The van der Waals surface area contributed by atoms with Crippen molar-refractivity contribution >= 4 is 33.2 Å². The molecule has 0 saturated carbocycles. The molecule has 3 aromatic rings. The van der Waals surface area contributed by atoms with E-state index in [2.05, 4.69) is 5.32 Å². The fraction of sp³-hybridized carbons (Fsp3) is 0.286. The monoisotopic (exact) mass is 586 g/mol. The number of amides is 2. The van der Waals surface area contributed by atoms with Crippen molar-refractivity contribution in [1.82, 2.24) is 10.2 Å². The first-order chi connectivity index (χ1) is 19.4. The number of hydrogen-bond acceptors (Lipinski definition) is 7. The number of nitrogens with one attached hydrogen (secondary N) is 1. The largest absolute Gasteiger partial charge is 0.497 e. The molecule has 2 amide bonds. The summed E-state index contributed by atoms with van der Waals surface area (Å²) in [4.78, 5) is 38.2. The molecule has 218 valence electrons. The van der Waals surface area contributed by atoms with Crippen LogP contribution in [0.1, 0.15) is 25.0 Å². The second-order valence-electron chi connectivity index (χ2n) is 9.13. The molecular formula is C28H31FN4O7S. The summed E-state index contributed by atoms with van der Waals surface area (Å²) in [5, 5.41) is 14.2. The predicted octanol–water partition coefficient (Wildman–Crippen LogP) is 3.80. The Balaban J connectivity index is 2.08. The fourth-order valence-corrected chi connectivity index (χ4v) is 5.48. The van der Waals surface area contributed by atoms with Gasteiger partial charge in [0.2, 0.25) is 11.8 Å². The Hall–Kier alpha value is -4.52. The van der Waals surface area contributed by atoms with Gasteiger partial charge in [-0.05, 0) is 68.8 Å². The highest BCUT2D eigenvalue weighted by Crippen LogP contribution is 2.29. The molecule has 0 aliphatic rings. The van der Waals surface area contributed by atoms with Gasteiger partial charge in [-0.25, -0.2) is 12.8 Å². The number of halogens is 1. The summed E-state index contributed by atoms with van der Waals surface area (Å²) in [7, 11) is -3.08. The van der Waals surface area contributed by atoms with Gasteiger partial charge in [0.1, 0.15) is 24.2 Å². The van der Waals surface area contributed by atoms with Gasteiger partial charge in [0.15, 0.2) is 0 Å². The van der Waals surface area contributed by atoms with Crippen molar-refractivity contribution in [3.05, 3.63) is 93.8 Å². The number of nitro benzene ring substituents is 1. The summed E-state index contributed by atoms with van der Waals surface area (Å²) < 4.78 is 47.3. The van der Waals surface area contributed by atoms with Crippen LogP contribution in [0.4, 0.5) is 15.8 Å². The molecule has 0 spiro atoms. The van der Waals surface area contributed by atoms with Crippen LogP contribution in [-0.2, 0) is 26.2 Å². The molecule has 11 nitrogen and oxygen atoms in total. The second-order valence-corrected chi connectivity index (χ2v) is 11.0. The van der Waals surface area contributed by atoms with Crippen LogP contribution in [0.3, 0.4) is 0 Å². The maximum Gasteiger partial charge on any atom is 0.273 e. The highest BCUT2D eigenvalue weighted by molar-refractivity contribution is 7.92. The van der Waals surface area contributed by atoms with E-state index in [0.717, 1.165) is 10.4 Å². The summed E-state index contributed by atoms with van der Waals surface area (Å²) in [5.41, 5.74) is 0.482. The van der Waals surface area contributed by atoms with Crippen molar-refractivity contribution in [2.24, 2.45) is 0 Å². The Labute approximate surface area is 237 Å². The smallest absolute Gasteiger partial charge is 0.273 e. The molecule has 0 saturated heterocycles. The van der Waals surface area contributed by atoms with Crippen LogP contribution in [0.5, 0.6) is 5.75 Å². The van der Waals surface area contributed by atoms with E-state index in [9.17, 15) is 32.5 Å². The van der Waals surface area contributed by atoms with E-state index in [-0.39, 0.29) is 22.7 Å². The third kappa shape index (κ3) is 7.37. The standard InChI is InChI=1S/C28H31FN4O7S/c1-5-30-28(35)20(3)31(17-21-7-9-22(29)10-8-21)27(34)18-32(23-11-13-24(40-4)14-12-23)41(38,39)25-15-6-19(2)26(16-25)33(36)37/h6-16,20H,5,17-18H2,1-4H3,(H,30,35)/t20-/m1/s1. The normalized spacial score (nSPS) is 11.8. The maximum atomic E-state index is 13.9. The van der Waals surface area contributed by atoms with Crippen LogP contribution in [0.2, 0.25) is 0 Å². The molecule has 1 N–H and O–H groups in total. The van der Waals surface area contributed by atoms with E-state index in [1.54, 1.807) is 6.92 Å². The molecule has 1 atom stereocenters. The summed E-state index contributed by atoms with van der Waals surface area (Å²) in [6.07, 6.45) is 0. The quantitative estimate of drug-likeness (QED) is 0.252. The number of ether oxygens (including phenoxy) is 1. The Kier molecular flexibility index (Phi) is 10.0. The van der Waals surface area contributed by atoms with Gasteiger partial charge in [0.05, 0.1) is 22.6 Å². The van der Waals surface area contributed by atoms with Gasteiger partial charge >= 0.3 is 0 Å². The van der Waals surface area contributed by atoms with Crippen LogP contribution in [-0.4, -0.2) is 56.3 Å². The minimum atomic E-state index is -4.52. The van der Waals surface area contributed by atoms with Crippen LogP contribution in [0, 0.1) is 22.9 Å². The number of aryl methyl sites for hydroxylation is 1. The third-order valence-corrected chi connectivity index (χ3v) is 8.16. The lowest BCUT2D eigenvalue weighted by Crippen LogP contribution is -2.51. The molecule has 3 aromatic carbocycles. The zero-order valence-electron chi connectivity index (χ0n) is 23.0. The molecular weight excluding hydrogens is 555 g/mol. The number of carbonyl (C=O) groups excluding carboxylic acids is 2. The molecule has 0 aromatic heterocycles. The highest BCUT2D eigenvalue weighted by Gasteiger charge is 2.33. The summed E-state index contributed by atoms with van der Waals surface area (Å²) in [5.74, 6) is -1.23. The van der Waals surface area contributed by atoms with E-state index >= 15 is 0 Å². The molecule has 13 heteroatoms. The molecule has 0 fully saturated rings. The molecule has 0 bridgehead atoms. The summed E-state index contributed by atoms with van der Waals surface area (Å²) in [6.45, 7) is 4.17. The number of benzene rings is 3. The van der Waals surface area contributed by atoms with E-state index in [4.69, 9.17) is 4.74 Å². The molecule has 0 heterocycles. The van der Waals surface area contributed by atoms with Crippen molar-refractivity contribution in [3.63, 3.8) is 0 Å². The zero-order chi connectivity index (χ0) is 30.3. The number of hydrogen-bond donors (Lipinski definition) is 1. The Morgan fingerprint density at radius 3 is 2.27 bits per heavy atom. The number of methoxy groups -OCH3 is 1. The molecule has 0 unspecified atom stereocenters. The molecule has 41 heavy (non-hydrogen) atoms. The third-order valence-electron chi connectivity index (χ3n) is 6.39. The lowest BCUT2D eigenvalue weighted by molar-refractivity contribution is -0.385. The average Bonchev–Trinajstić information content (AvgIpc) is 2.95. The Morgan fingerprint density at radius 2 is 1.71 bits per heavy atom. The van der Waals surface area contributed by atoms with Gasteiger partial charge in [-0.1, -0.05) is 18.2 Å². The number of carbonyl (C=O) groups is 2. The first-order valence-corrected chi connectivity index (χ1v) is 14.1. The van der Waals surface area contributed by atoms with Gasteiger partial charge in [-0.15, -0.1) is 0 Å². The van der Waals surface area contributed by atoms with Crippen molar-refractivity contribution in [3.8, 4) is 5.75 Å². The lowest BCUT2D eigenvalue weighted by Gasteiger charge is -2.32. The van der Waals surface area contributed by atoms with Crippen molar-refractivity contribution in [2.45, 2.75) is 38.3 Å². The molecule has 3 rings (SSSR count). The number of anilines is 1. The molecule has 0 aliphatic carbocycles. The highest BCUT2D eigenvalue weighted by atomic mass is 32.2. The molecule has 0 radical (unpaired) electrons. The number of nitrogens with zero attached hydrogens (tertiary/aromatic N) is 3. The number of likely N-dealkylation sites (N-methyl/N-ethyl adjacent to an activating group) is 1. The fourth-order valence-electron chi connectivity index (χ4n) is 4.04. The van der Waals surface area contributed by atoms with Gasteiger partial charge in [0.25, 0.3) is 15.7 Å². The van der Waals surface area contributed by atoms with E-state index in [0.29, 0.717) is 17.9 Å². The summed E-state index contributed by atoms with van der Waals surface area (Å²) >= 11 is 0. The van der Waals surface area contributed by atoms with Crippen LogP contribution in [0.25, 0.3) is 0 Å². The first-order valence-electron chi connectivity index (χ1n) is 12.6. The minimum absolute atomic E-state index is 0.0924. The average molecular weight is 587 g/mol. The first kappa shape index (κ1) is 31.0. The van der Waals surface area contributed by atoms with Crippen LogP contribution >= 0.6 is 0 Å². The number of rotatable bonds is 12. The van der Waals surface area contributed by atoms with Crippen molar-refractivity contribution in [1.29, 1.82) is 0 Å². The van der Waals surface area contributed by atoms with Gasteiger partial charge in [-0.3, -0.25) is 24.0 Å². The number of sulfonamides is 1. The second kappa shape index (κ2) is 13.2. The van der Waals surface area contributed by atoms with Crippen LogP contribution in [0.15, 0.2) is 71.6 Å². The van der Waals surface area contributed by atoms with Gasteiger partial charge in [-0.2, -0.15) is 0 Å². The Bertz CT molecular complexity index is 1510. The number of nitro groups is 1. The maximum absolute atomic E-state index is 13.9. The molecule has 0 aliphatic heterocycles. The lowest BCUT2D eigenvalue weighted by atomic mass is 10.1. The van der Waals surface area contributed by atoms with E-state index in [1.807, 2.05) is 0 Å². The minimum Gasteiger partial charge on any atom is -0.497 e. The summed E-state index contributed by atoms with van der Waals surface area (Å²) in [6, 6.07) is 13.7. The van der Waals surface area contributed by atoms with Crippen molar-refractivity contribution < 1.29 is 32.1 Å². The SMILES string of the molecule is CCNC(=O)[C@@H](C)N(Cc1ccc(F)cc1)C(=O)CN(c1ccc(OC)cc1)S(=O)(=O)c1ccc(C)c([N+](=O)[O-])c1. The van der Waals surface area contributed by atoms with Crippen LogP contribution < -0.4 is 14.4 Å². The topological polar surface area (TPSA) is 139 Å². The van der Waals surface area contributed by atoms with Gasteiger partial charge in [0, 0.05) is 24.7 Å². The Morgan fingerprint density at radius 1 is 1.07 bits per heavy atom. The van der Waals surface area contributed by atoms with E-state index in [1.165, 1.54) is 86.5 Å². The van der Waals surface area contributed by atoms with E-state index < -0.39 is 50.9 Å². The van der Waals surface area contributed by atoms with Gasteiger partial charge < -0.3 is 15.0 Å². The predicted molar refractivity (Wildman–Crippen MR) is 150 cm³/mol.